The van der Waals surface area contributed by atoms with Crippen molar-refractivity contribution < 1.29 is 0 Å². The van der Waals surface area contributed by atoms with E-state index in [1.165, 1.54) is 231 Å². The van der Waals surface area contributed by atoms with Gasteiger partial charge in [-0.1, -0.05) is 166 Å². The summed E-state index contributed by atoms with van der Waals surface area (Å²) in [5.41, 5.74) is 49.7. The summed E-state index contributed by atoms with van der Waals surface area (Å²) in [5.74, 6) is 0. The molecule has 18 aromatic rings. The minimum absolute atomic E-state index is 0.0203. The van der Waals surface area contributed by atoms with Gasteiger partial charge in [-0.05, 0) is 0 Å². The van der Waals surface area contributed by atoms with Gasteiger partial charge in [0.2, 0.25) is 0 Å². The number of benzene rings is 18. The molecule has 0 saturated carbocycles. The Morgan fingerprint density at radius 3 is 0.401 bits per heavy atom. The summed E-state index contributed by atoms with van der Waals surface area (Å²) in [7, 11) is 0. The molecule has 736 valence electrons. The molecule has 0 fully saturated rings. The van der Waals surface area contributed by atoms with Gasteiger partial charge < -0.3 is 0 Å². The molecular formula is C146H148Ge. The maximum atomic E-state index is 2.76. The van der Waals surface area contributed by atoms with Gasteiger partial charge in [0.15, 0.2) is 0 Å². The molecule has 18 aromatic carbocycles. The Morgan fingerprint density at radius 1 is 0.143 bits per heavy atom. The molecule has 0 N–H and O–H groups in total. The van der Waals surface area contributed by atoms with Crippen LogP contribution in [0.15, 0.2) is 400 Å². The Kier molecular flexibility index (Phi) is 25.9. The summed E-state index contributed by atoms with van der Waals surface area (Å²) < 4.78 is 1.33. The van der Waals surface area contributed by atoms with E-state index < -0.39 is 21.8 Å². The molecule has 1 heteroatoms. The first kappa shape index (κ1) is 101. The third-order valence-corrected chi connectivity index (χ3v) is 47.1. The summed E-state index contributed by atoms with van der Waals surface area (Å²) in [6, 6.07) is 162. The molecule has 2 aliphatic carbocycles. The topological polar surface area (TPSA) is 0 Å². The zero-order chi connectivity index (χ0) is 104. The van der Waals surface area contributed by atoms with Crippen molar-refractivity contribution in [2.24, 2.45) is 0 Å². The number of hydrogen-bond acceptors (Lipinski definition) is 0. The van der Waals surface area contributed by atoms with Crippen LogP contribution >= 0.6 is 0 Å². The van der Waals surface area contributed by atoms with Crippen molar-refractivity contribution in [2.75, 3.05) is 0 Å². The zero-order valence-corrected chi connectivity index (χ0v) is 94.1. The van der Waals surface area contributed by atoms with Crippen molar-refractivity contribution in [3.8, 4) is 156 Å². The fourth-order valence-electron chi connectivity index (χ4n) is 24.3. The Balaban J connectivity index is 0.926. The van der Waals surface area contributed by atoms with Crippen molar-refractivity contribution >= 4 is 22.1 Å². The van der Waals surface area contributed by atoms with Gasteiger partial charge in [-0.25, -0.2) is 0 Å². The molecule has 20 rings (SSSR count). The number of rotatable bonds is 18. The van der Waals surface area contributed by atoms with Crippen LogP contribution in [0.3, 0.4) is 0 Å². The molecule has 2 aliphatic rings. The Hall–Kier alpha value is -13.5. The van der Waals surface area contributed by atoms with E-state index in [0.717, 1.165) is 12.8 Å². The first-order valence-electron chi connectivity index (χ1n) is 53.9. The molecule has 0 aromatic heterocycles. The van der Waals surface area contributed by atoms with E-state index >= 15 is 0 Å². The SMILES string of the molecule is CC[C]1([Ge]([c]2ccccc2)([c]2ccccc2)[C]2(CC)c3cc(-c4cc(-c5ccc(C(C)(C)C)cc5)cc(-c5ccc(C(C)(C)C)cc5)c4)ccc3-c3ccc(-c4cc(-c5ccc(C(C)(C)C)cc5)cc(-c5ccc(C(C)(C)C)cc5)c4)cc32)c2cc(-c3cc(-c4ccc(C(C)(C)C)cc4)cc(-c4ccc(C(C)(C)C)cc4)c3)ccc2-c2ccc(-c3cc(-c4ccc(C(C)(C)C)cc4)cc(-c4ccc(C(C)(C)C)cc4)c3)cc21. The molecule has 0 nitrogen and oxygen atoms in total. The molecule has 0 aliphatic heterocycles. The van der Waals surface area contributed by atoms with Crippen molar-refractivity contribution in [1.82, 2.24) is 0 Å². The van der Waals surface area contributed by atoms with Crippen LogP contribution in [0.1, 0.15) is 260 Å². The Morgan fingerprint density at radius 2 is 0.272 bits per heavy atom. The van der Waals surface area contributed by atoms with Crippen LogP contribution < -0.4 is 8.79 Å². The van der Waals surface area contributed by atoms with E-state index in [4.69, 9.17) is 0 Å². The van der Waals surface area contributed by atoms with Crippen molar-refractivity contribution in [3.63, 3.8) is 0 Å². The second-order valence-corrected chi connectivity index (χ2v) is 60.0. The number of hydrogen-bond donors (Lipinski definition) is 0. The monoisotopic (exact) mass is 1980 g/mol. The van der Waals surface area contributed by atoms with Crippen LogP contribution in [0.4, 0.5) is 0 Å². The predicted octanol–water partition coefficient (Wildman–Crippen LogP) is 39.5. The summed E-state index contributed by atoms with van der Waals surface area (Å²) in [5, 5.41) is 0. The zero-order valence-electron chi connectivity index (χ0n) is 92.0. The van der Waals surface area contributed by atoms with E-state index in [0.29, 0.717) is 0 Å². The summed E-state index contributed by atoms with van der Waals surface area (Å²) in [6.07, 6.45) is 1.54. The first-order valence-corrected chi connectivity index (χ1v) is 58.1. The molecule has 0 bridgehead atoms. The Labute approximate surface area is 882 Å². The van der Waals surface area contributed by atoms with E-state index in [1.54, 1.807) is 0 Å². The van der Waals surface area contributed by atoms with Gasteiger partial charge in [-0.15, -0.1) is 0 Å². The Bertz CT molecular complexity index is 6750. The molecule has 0 spiro atoms. The first-order chi connectivity index (χ1) is 69.7. The van der Waals surface area contributed by atoms with Gasteiger partial charge in [-0.2, -0.15) is 0 Å². The maximum absolute atomic E-state index is 5.24. The van der Waals surface area contributed by atoms with Crippen molar-refractivity contribution in [1.29, 1.82) is 0 Å². The molecule has 0 atom stereocenters. The quantitative estimate of drug-likeness (QED) is 0.0751. The number of fused-ring (bicyclic) bond motifs is 6. The fourth-order valence-corrected chi connectivity index (χ4v) is 41.0. The summed E-state index contributed by atoms with van der Waals surface area (Å²) in [4.78, 5) is 0. The van der Waals surface area contributed by atoms with Crippen molar-refractivity contribution in [3.05, 3.63) is 467 Å². The van der Waals surface area contributed by atoms with Gasteiger partial charge >= 0.3 is 723 Å². The third kappa shape index (κ3) is 18.8. The molecule has 147 heavy (non-hydrogen) atoms. The van der Waals surface area contributed by atoms with Gasteiger partial charge in [0.05, 0.1) is 0 Å². The molecule has 0 unspecified atom stereocenters. The van der Waals surface area contributed by atoms with E-state index in [1.807, 2.05) is 0 Å². The normalized spacial score (nSPS) is 13.7. The van der Waals surface area contributed by atoms with Gasteiger partial charge in [-0.3, -0.25) is 0 Å². The molecule has 0 amide bonds. The third-order valence-electron chi connectivity index (χ3n) is 33.0. The van der Waals surface area contributed by atoms with Crippen LogP contribution in [0.2, 0.25) is 0 Å². The van der Waals surface area contributed by atoms with Crippen molar-refractivity contribution in [2.45, 2.75) is 245 Å². The van der Waals surface area contributed by atoms with Crippen LogP contribution in [0.25, 0.3) is 156 Å². The fraction of sp³-hybridized carbons (Fsp3) is 0.260. The van der Waals surface area contributed by atoms with Gasteiger partial charge in [0.1, 0.15) is 0 Å². The van der Waals surface area contributed by atoms with Crippen LogP contribution in [0.5, 0.6) is 0 Å². The minimum atomic E-state index is -5.24. The van der Waals surface area contributed by atoms with Gasteiger partial charge in [0.25, 0.3) is 0 Å². The molecule has 0 radical (unpaired) electrons. The summed E-state index contributed by atoms with van der Waals surface area (Å²) in [6.45, 7) is 61.0. The second kappa shape index (κ2) is 37.7. The van der Waals surface area contributed by atoms with Crippen LogP contribution in [0, 0.1) is 0 Å². The van der Waals surface area contributed by atoms with E-state index in [-0.39, 0.29) is 43.3 Å². The van der Waals surface area contributed by atoms with E-state index in [2.05, 4.69) is 580 Å². The van der Waals surface area contributed by atoms with Crippen LogP contribution in [-0.2, 0) is 51.8 Å². The standard InChI is InChI=1S/C146H148Ge/c1-27-145(133-91-103(115-83-107(95-39-59-119(60-40-95)137(3,4)5)79-108(84-115)96-41-61-120(62-42-96)138(6,7)8)55-75-129(133)130-76-56-104(92-134(130)145)116-85-109(97-43-63-121(64-44-97)139(9,10)11)80-110(86-116)98-45-65-122(66-46-98)140(12,13)14)147(127-35-31-29-32-36-127,128-37-33-30-34-38-128)146(28-2)135-93-105(117-87-111(99-47-67-123(68-48-99)141(15,16)17)81-112(88-117)100-49-69-124(70-50-100)142(18,19)20)57-77-131(135)132-78-58-106(94-136(132)146)118-89-113(101-51-71-125(72-52-101)143(21,22)23)82-114(90-118)102-53-73-126(74-54-102)144(24,25)26/h29-94H,27-28H2,1-26H3. The molecular weight excluding hydrogens is 1830 g/mol. The second-order valence-electron chi connectivity index (χ2n) is 50.9. The van der Waals surface area contributed by atoms with Gasteiger partial charge in [0, 0.05) is 0 Å². The summed E-state index contributed by atoms with van der Waals surface area (Å²) >= 11 is -5.24. The predicted molar refractivity (Wildman–Crippen MR) is 639 cm³/mol. The van der Waals surface area contributed by atoms with E-state index in [9.17, 15) is 0 Å². The molecule has 0 heterocycles. The average Bonchev–Trinajstić information content (AvgIpc) is 1.49. The average molecular weight is 1980 g/mol. The molecule has 0 saturated heterocycles. The van der Waals surface area contributed by atoms with Crippen LogP contribution in [-0.4, -0.2) is 13.3 Å².